The van der Waals surface area contributed by atoms with E-state index in [1.807, 2.05) is 24.3 Å². The maximum atomic E-state index is 11.8. The van der Waals surface area contributed by atoms with E-state index < -0.39 is 5.91 Å². The van der Waals surface area contributed by atoms with Gasteiger partial charge in [0.2, 0.25) is 11.8 Å². The van der Waals surface area contributed by atoms with Gasteiger partial charge >= 0.3 is 0 Å². The average Bonchev–Trinajstić information content (AvgIpc) is 2.37. The van der Waals surface area contributed by atoms with Crippen molar-refractivity contribution in [2.75, 3.05) is 23.7 Å². The van der Waals surface area contributed by atoms with Gasteiger partial charge < -0.3 is 21.7 Å². The van der Waals surface area contributed by atoms with E-state index in [0.717, 1.165) is 11.4 Å². The number of anilines is 2. The van der Waals surface area contributed by atoms with Crippen LogP contribution in [0.3, 0.4) is 0 Å². The third-order valence-electron chi connectivity index (χ3n) is 2.74. The molecular weight excluding hydrogens is 232 g/mol. The van der Waals surface area contributed by atoms with Gasteiger partial charge in [0, 0.05) is 19.5 Å². The molecular formula is C12H16N4O2. The molecule has 0 radical (unpaired) electrons. The molecule has 18 heavy (non-hydrogen) atoms. The summed E-state index contributed by atoms with van der Waals surface area (Å²) < 4.78 is 0. The number of nitrogens with one attached hydrogen (secondary N) is 3. The summed E-state index contributed by atoms with van der Waals surface area (Å²) in [5, 5.41) is 8.99. The van der Waals surface area contributed by atoms with Crippen LogP contribution in [0.1, 0.15) is 6.42 Å². The molecule has 0 bridgehead atoms. The zero-order valence-electron chi connectivity index (χ0n) is 9.90. The lowest BCUT2D eigenvalue weighted by Crippen LogP contribution is -2.46. The van der Waals surface area contributed by atoms with Gasteiger partial charge in [-0.1, -0.05) is 12.1 Å². The summed E-state index contributed by atoms with van der Waals surface area (Å²) in [7, 11) is 0. The molecule has 1 unspecified atom stereocenters. The Bertz CT molecular complexity index is 461. The lowest BCUT2D eigenvalue weighted by molar-refractivity contribution is -0.121. The first-order valence-corrected chi connectivity index (χ1v) is 5.82. The molecule has 0 saturated carbocycles. The summed E-state index contributed by atoms with van der Waals surface area (Å²) >= 11 is 0. The highest BCUT2D eigenvalue weighted by atomic mass is 16.2. The molecule has 0 spiro atoms. The van der Waals surface area contributed by atoms with Crippen LogP contribution in [0.5, 0.6) is 0 Å². The number of primary amides is 1. The minimum Gasteiger partial charge on any atom is -0.381 e. The number of carbonyl (C=O) groups is 2. The van der Waals surface area contributed by atoms with Crippen molar-refractivity contribution in [3.63, 3.8) is 0 Å². The van der Waals surface area contributed by atoms with E-state index in [0.29, 0.717) is 6.54 Å². The third-order valence-corrected chi connectivity index (χ3v) is 2.74. The number of fused-ring (bicyclic) bond motifs is 1. The van der Waals surface area contributed by atoms with Crippen molar-refractivity contribution in [2.45, 2.75) is 12.5 Å². The lowest BCUT2D eigenvalue weighted by Gasteiger charge is -2.27. The van der Waals surface area contributed by atoms with Crippen LogP contribution in [0, 0.1) is 0 Å². The number of amides is 2. The molecule has 2 rings (SSSR count). The highest BCUT2D eigenvalue weighted by molar-refractivity contribution is 5.88. The fraction of sp³-hybridized carbons (Fsp3) is 0.333. The minimum absolute atomic E-state index is 0.141. The molecule has 96 valence electrons. The van der Waals surface area contributed by atoms with Crippen molar-refractivity contribution in [3.05, 3.63) is 24.3 Å². The van der Waals surface area contributed by atoms with Gasteiger partial charge in [0.1, 0.15) is 6.04 Å². The molecule has 1 heterocycles. The fourth-order valence-electron chi connectivity index (χ4n) is 1.80. The van der Waals surface area contributed by atoms with E-state index in [4.69, 9.17) is 5.73 Å². The summed E-state index contributed by atoms with van der Waals surface area (Å²) in [5.41, 5.74) is 6.89. The van der Waals surface area contributed by atoms with E-state index in [1.165, 1.54) is 0 Å². The topological polar surface area (TPSA) is 96.2 Å². The van der Waals surface area contributed by atoms with Crippen molar-refractivity contribution < 1.29 is 9.59 Å². The number of para-hydroxylation sites is 2. The molecule has 1 aliphatic rings. The molecule has 1 aromatic carbocycles. The van der Waals surface area contributed by atoms with Crippen molar-refractivity contribution in [3.8, 4) is 0 Å². The molecule has 6 nitrogen and oxygen atoms in total. The summed E-state index contributed by atoms with van der Waals surface area (Å²) in [6.45, 7) is 0.785. The summed E-state index contributed by atoms with van der Waals surface area (Å²) in [5.74, 6) is -0.561. The summed E-state index contributed by atoms with van der Waals surface area (Å²) in [4.78, 5) is 22.4. The van der Waals surface area contributed by atoms with Crippen LogP contribution in [0.2, 0.25) is 0 Å². The van der Waals surface area contributed by atoms with Gasteiger partial charge in [-0.25, -0.2) is 0 Å². The zero-order chi connectivity index (χ0) is 13.0. The number of nitrogens with two attached hydrogens (primary N) is 1. The predicted octanol–water partition coefficient (Wildman–Crippen LogP) is -0.116. The number of carbonyl (C=O) groups excluding carboxylic acids is 2. The molecule has 2 amide bonds. The second-order valence-corrected chi connectivity index (χ2v) is 4.13. The Labute approximate surface area is 105 Å². The Balaban J connectivity index is 1.88. The molecule has 5 N–H and O–H groups in total. The Morgan fingerprint density at radius 3 is 2.78 bits per heavy atom. The number of rotatable bonds is 4. The molecule has 1 atom stereocenters. The quantitative estimate of drug-likeness (QED) is 0.597. The van der Waals surface area contributed by atoms with E-state index >= 15 is 0 Å². The van der Waals surface area contributed by atoms with Crippen molar-refractivity contribution in [1.82, 2.24) is 5.32 Å². The van der Waals surface area contributed by atoms with Crippen LogP contribution in [0.15, 0.2) is 24.3 Å². The Morgan fingerprint density at radius 2 is 2.06 bits per heavy atom. The molecule has 0 aliphatic carbocycles. The second-order valence-electron chi connectivity index (χ2n) is 4.13. The van der Waals surface area contributed by atoms with Gasteiger partial charge in [0.25, 0.3) is 0 Å². The minimum atomic E-state index is -0.421. The smallest absolute Gasteiger partial charge is 0.244 e. The van der Waals surface area contributed by atoms with Crippen LogP contribution in [-0.4, -0.2) is 30.9 Å². The van der Waals surface area contributed by atoms with Gasteiger partial charge in [-0.3, -0.25) is 9.59 Å². The first-order chi connectivity index (χ1) is 8.66. The molecule has 0 fully saturated rings. The standard InChI is InChI=1S/C12H16N4O2/c13-11(17)5-6-14-12(18)10-7-15-8-3-1-2-4-9(8)16-10/h1-4,10,15-16H,5-7H2,(H2,13,17)(H,14,18). The van der Waals surface area contributed by atoms with Gasteiger partial charge in [-0.2, -0.15) is 0 Å². The normalized spacial score (nSPS) is 17.0. The van der Waals surface area contributed by atoms with Crippen LogP contribution in [-0.2, 0) is 9.59 Å². The van der Waals surface area contributed by atoms with E-state index in [9.17, 15) is 9.59 Å². The molecule has 1 aliphatic heterocycles. The van der Waals surface area contributed by atoms with E-state index in [1.54, 1.807) is 0 Å². The first kappa shape index (κ1) is 12.2. The van der Waals surface area contributed by atoms with Crippen LogP contribution < -0.4 is 21.7 Å². The Hall–Kier alpha value is -2.24. The van der Waals surface area contributed by atoms with E-state index in [-0.39, 0.29) is 24.9 Å². The second kappa shape index (κ2) is 5.39. The third kappa shape index (κ3) is 2.91. The Kier molecular flexibility index (Phi) is 3.66. The zero-order valence-corrected chi connectivity index (χ0v) is 9.90. The largest absolute Gasteiger partial charge is 0.381 e. The van der Waals surface area contributed by atoms with Crippen LogP contribution >= 0.6 is 0 Å². The summed E-state index contributed by atoms with van der Waals surface area (Å²) in [6, 6.07) is 7.35. The first-order valence-electron chi connectivity index (χ1n) is 5.82. The fourth-order valence-corrected chi connectivity index (χ4v) is 1.80. The van der Waals surface area contributed by atoms with Crippen molar-refractivity contribution in [2.24, 2.45) is 5.73 Å². The van der Waals surface area contributed by atoms with Gasteiger partial charge in [-0.05, 0) is 12.1 Å². The highest BCUT2D eigenvalue weighted by Crippen LogP contribution is 2.24. The molecule has 0 aromatic heterocycles. The molecule has 6 heteroatoms. The number of hydrogen-bond acceptors (Lipinski definition) is 4. The lowest BCUT2D eigenvalue weighted by atomic mass is 10.1. The van der Waals surface area contributed by atoms with Gasteiger partial charge in [-0.15, -0.1) is 0 Å². The molecule has 0 saturated heterocycles. The monoisotopic (exact) mass is 248 g/mol. The van der Waals surface area contributed by atoms with Gasteiger partial charge in [0.15, 0.2) is 0 Å². The van der Waals surface area contributed by atoms with Crippen LogP contribution in [0.4, 0.5) is 11.4 Å². The highest BCUT2D eigenvalue weighted by Gasteiger charge is 2.22. The number of benzene rings is 1. The molecule has 1 aromatic rings. The average molecular weight is 248 g/mol. The SMILES string of the molecule is NC(=O)CCNC(=O)C1CNc2ccccc2N1. The number of hydrogen-bond donors (Lipinski definition) is 4. The predicted molar refractivity (Wildman–Crippen MR) is 69.2 cm³/mol. The van der Waals surface area contributed by atoms with Crippen molar-refractivity contribution >= 4 is 23.2 Å². The summed E-state index contributed by atoms with van der Waals surface area (Å²) in [6.07, 6.45) is 0.155. The maximum Gasteiger partial charge on any atom is 0.244 e. The van der Waals surface area contributed by atoms with Crippen LogP contribution in [0.25, 0.3) is 0 Å². The maximum absolute atomic E-state index is 11.8. The van der Waals surface area contributed by atoms with Crippen molar-refractivity contribution in [1.29, 1.82) is 0 Å². The van der Waals surface area contributed by atoms with Gasteiger partial charge in [0.05, 0.1) is 11.4 Å². The Morgan fingerprint density at radius 1 is 1.33 bits per heavy atom. The van der Waals surface area contributed by atoms with E-state index in [2.05, 4.69) is 16.0 Å².